The van der Waals surface area contributed by atoms with Crippen LogP contribution in [0.2, 0.25) is 0 Å². The first-order chi connectivity index (χ1) is 11.8. The number of benzene rings is 2. The van der Waals surface area contributed by atoms with Gasteiger partial charge in [0.2, 0.25) is 0 Å². The van der Waals surface area contributed by atoms with Crippen LogP contribution in [0.4, 0.5) is 11.4 Å². The van der Waals surface area contributed by atoms with Crippen molar-refractivity contribution >= 4 is 23.1 Å². The van der Waals surface area contributed by atoms with Crippen molar-refractivity contribution in [2.75, 3.05) is 37.7 Å². The second-order valence-electron chi connectivity index (χ2n) is 5.99. The highest BCUT2D eigenvalue weighted by Gasteiger charge is 2.24. The zero-order chi connectivity index (χ0) is 16.9. The number of rotatable bonds is 7. The summed E-state index contributed by atoms with van der Waals surface area (Å²) in [5, 5.41) is 0. The molecule has 3 nitrogen and oxygen atoms in total. The zero-order valence-electron chi connectivity index (χ0n) is 14.8. The molecule has 0 bridgehead atoms. The molecule has 0 amide bonds. The van der Waals surface area contributed by atoms with Crippen LogP contribution in [-0.2, 0) is 0 Å². The molecule has 0 aliphatic carbocycles. The van der Waals surface area contributed by atoms with Crippen molar-refractivity contribution < 1.29 is 9.64 Å². The second-order valence-corrected chi connectivity index (χ2v) is 7.07. The number of quaternary nitrogens is 1. The van der Waals surface area contributed by atoms with Gasteiger partial charge in [-0.1, -0.05) is 23.9 Å². The molecule has 0 radical (unpaired) electrons. The van der Waals surface area contributed by atoms with Gasteiger partial charge in [-0.3, -0.25) is 0 Å². The number of nitrogens with zero attached hydrogens (tertiary/aromatic N) is 1. The van der Waals surface area contributed by atoms with Gasteiger partial charge in [-0.15, -0.1) is 0 Å². The maximum absolute atomic E-state index is 5.69. The maximum atomic E-state index is 5.69. The molecule has 1 heterocycles. The van der Waals surface area contributed by atoms with E-state index in [1.807, 2.05) is 18.7 Å². The summed E-state index contributed by atoms with van der Waals surface area (Å²) in [6, 6.07) is 15.2. The Kier molecular flexibility index (Phi) is 5.69. The number of anilines is 2. The average Bonchev–Trinajstić information content (AvgIpc) is 2.61. The second kappa shape index (κ2) is 7.95. The Morgan fingerprint density at radius 1 is 0.958 bits per heavy atom. The Hall–Kier alpha value is -1.65. The van der Waals surface area contributed by atoms with E-state index in [1.165, 1.54) is 34.3 Å². The van der Waals surface area contributed by atoms with E-state index >= 15 is 0 Å². The van der Waals surface area contributed by atoms with Crippen molar-refractivity contribution in [3.63, 3.8) is 0 Å². The first kappa shape index (κ1) is 17.2. The molecule has 0 unspecified atom stereocenters. The molecule has 4 heteroatoms. The minimum atomic E-state index is 0.703. The lowest BCUT2D eigenvalue weighted by molar-refractivity contribution is -0.894. The molecule has 0 spiro atoms. The Morgan fingerprint density at radius 3 is 2.46 bits per heavy atom. The van der Waals surface area contributed by atoms with E-state index in [4.69, 9.17) is 4.74 Å². The summed E-state index contributed by atoms with van der Waals surface area (Å²) in [5.41, 5.74) is 2.62. The molecule has 128 valence electrons. The largest absolute Gasteiger partial charge is 0.494 e. The van der Waals surface area contributed by atoms with Gasteiger partial charge in [-0.25, -0.2) is 0 Å². The number of hydrogen-bond donors (Lipinski definition) is 1. The van der Waals surface area contributed by atoms with Crippen molar-refractivity contribution in [2.45, 2.75) is 30.6 Å². The summed E-state index contributed by atoms with van der Waals surface area (Å²) in [6.45, 7) is 11.8. The average molecular weight is 344 g/mol. The highest BCUT2D eigenvalue weighted by Crippen LogP contribution is 2.48. The maximum Gasteiger partial charge on any atom is 0.120 e. The van der Waals surface area contributed by atoms with E-state index in [0.717, 1.165) is 18.8 Å². The normalized spacial score (nSPS) is 12.9. The Bertz CT molecular complexity index is 685. The summed E-state index contributed by atoms with van der Waals surface area (Å²) in [7, 11) is 0. The van der Waals surface area contributed by atoms with Crippen LogP contribution < -0.4 is 14.5 Å². The Morgan fingerprint density at radius 2 is 1.71 bits per heavy atom. The molecule has 2 aromatic rings. The monoisotopic (exact) mass is 343 g/mol. The topological polar surface area (TPSA) is 16.9 Å². The summed E-state index contributed by atoms with van der Waals surface area (Å²) in [5.74, 6) is 0.956. The van der Waals surface area contributed by atoms with Crippen molar-refractivity contribution in [3.8, 4) is 5.75 Å². The molecule has 1 N–H and O–H groups in total. The fourth-order valence-corrected chi connectivity index (χ4v) is 4.31. The first-order valence-corrected chi connectivity index (χ1v) is 9.73. The highest BCUT2D eigenvalue weighted by molar-refractivity contribution is 7.99. The first-order valence-electron chi connectivity index (χ1n) is 8.91. The van der Waals surface area contributed by atoms with E-state index in [9.17, 15) is 0 Å². The van der Waals surface area contributed by atoms with Crippen LogP contribution in [0.5, 0.6) is 5.75 Å². The van der Waals surface area contributed by atoms with Crippen molar-refractivity contribution in [2.24, 2.45) is 0 Å². The Balaban J connectivity index is 1.92. The number of nitrogens with one attached hydrogen (secondary N) is 1. The molecular formula is C20H27N2OS+. The van der Waals surface area contributed by atoms with Gasteiger partial charge >= 0.3 is 0 Å². The van der Waals surface area contributed by atoms with Gasteiger partial charge in [0.15, 0.2) is 0 Å². The minimum Gasteiger partial charge on any atom is -0.494 e. The van der Waals surface area contributed by atoms with Gasteiger partial charge in [0, 0.05) is 9.79 Å². The van der Waals surface area contributed by atoms with E-state index < -0.39 is 0 Å². The number of hydrogen-bond acceptors (Lipinski definition) is 3. The third-order valence-electron chi connectivity index (χ3n) is 4.60. The quantitative estimate of drug-likeness (QED) is 0.828. The zero-order valence-corrected chi connectivity index (χ0v) is 15.7. The molecule has 0 saturated carbocycles. The lowest BCUT2D eigenvalue weighted by atomic mass is 10.2. The number of likely N-dealkylation sites (N-methyl/N-ethyl adjacent to an activating group) is 1. The lowest BCUT2D eigenvalue weighted by Crippen LogP contribution is -3.12. The molecule has 0 saturated heterocycles. The van der Waals surface area contributed by atoms with E-state index in [1.54, 1.807) is 4.90 Å². The number of ether oxygens (including phenoxy) is 1. The van der Waals surface area contributed by atoms with Crippen LogP contribution >= 0.6 is 11.8 Å². The van der Waals surface area contributed by atoms with Gasteiger partial charge in [0.05, 0.1) is 44.2 Å². The van der Waals surface area contributed by atoms with Gasteiger partial charge in [0.25, 0.3) is 0 Å². The van der Waals surface area contributed by atoms with Gasteiger partial charge in [-0.05, 0) is 51.1 Å². The van der Waals surface area contributed by atoms with Gasteiger partial charge < -0.3 is 14.5 Å². The summed E-state index contributed by atoms with van der Waals surface area (Å²) in [4.78, 5) is 6.72. The van der Waals surface area contributed by atoms with Crippen LogP contribution in [0.3, 0.4) is 0 Å². The van der Waals surface area contributed by atoms with Crippen molar-refractivity contribution in [1.29, 1.82) is 0 Å². The molecule has 0 aromatic heterocycles. The standard InChI is InChI=1S/C20H26N2OS/c1-4-21(5-2)13-14-22-17-9-7-8-10-19(17)24-20-15-16(23-6-3)11-12-18(20)22/h7-12,15H,4-6,13-14H2,1-3H3/p+1. The SMILES string of the molecule is CCOc1ccc2c(c1)Sc1ccccc1N2CC[NH+](CC)CC. The van der Waals surface area contributed by atoms with E-state index in [-0.39, 0.29) is 0 Å². The summed E-state index contributed by atoms with van der Waals surface area (Å²) < 4.78 is 5.69. The van der Waals surface area contributed by atoms with Crippen molar-refractivity contribution in [3.05, 3.63) is 42.5 Å². The highest BCUT2D eigenvalue weighted by atomic mass is 32.2. The predicted molar refractivity (Wildman–Crippen MR) is 102 cm³/mol. The van der Waals surface area contributed by atoms with Crippen LogP contribution in [0.1, 0.15) is 20.8 Å². The van der Waals surface area contributed by atoms with Gasteiger partial charge in [-0.2, -0.15) is 0 Å². The third kappa shape index (κ3) is 3.55. The molecule has 0 fully saturated rings. The van der Waals surface area contributed by atoms with Crippen LogP contribution in [-0.4, -0.2) is 32.8 Å². The van der Waals surface area contributed by atoms with E-state index in [0.29, 0.717) is 6.61 Å². The number of fused-ring (bicyclic) bond motifs is 2. The molecular weight excluding hydrogens is 316 g/mol. The molecule has 1 aliphatic rings. The van der Waals surface area contributed by atoms with Crippen LogP contribution in [0, 0.1) is 0 Å². The number of para-hydroxylation sites is 1. The molecule has 3 rings (SSSR count). The van der Waals surface area contributed by atoms with E-state index in [2.05, 4.69) is 61.2 Å². The molecule has 2 aromatic carbocycles. The lowest BCUT2D eigenvalue weighted by Gasteiger charge is -2.33. The molecule has 24 heavy (non-hydrogen) atoms. The summed E-state index contributed by atoms with van der Waals surface area (Å²) >= 11 is 1.84. The Labute approximate surface area is 149 Å². The van der Waals surface area contributed by atoms with Crippen LogP contribution in [0.15, 0.2) is 52.3 Å². The molecule has 1 aliphatic heterocycles. The fraction of sp³-hybridized carbons (Fsp3) is 0.400. The predicted octanol–water partition coefficient (Wildman–Crippen LogP) is 3.61. The fourth-order valence-electron chi connectivity index (χ4n) is 3.18. The third-order valence-corrected chi connectivity index (χ3v) is 5.71. The molecule has 0 atom stereocenters. The van der Waals surface area contributed by atoms with Crippen LogP contribution in [0.25, 0.3) is 0 Å². The smallest absolute Gasteiger partial charge is 0.120 e. The minimum absolute atomic E-state index is 0.703. The van der Waals surface area contributed by atoms with Crippen molar-refractivity contribution in [1.82, 2.24) is 0 Å². The van der Waals surface area contributed by atoms with Gasteiger partial charge in [0.1, 0.15) is 5.75 Å². The summed E-state index contributed by atoms with van der Waals surface area (Å²) in [6.07, 6.45) is 0.